The number of primary amides is 1. The Kier molecular flexibility index (Phi) is 8.42. The van der Waals surface area contributed by atoms with Gasteiger partial charge < -0.3 is 20.8 Å². The van der Waals surface area contributed by atoms with Crippen molar-refractivity contribution in [2.24, 2.45) is 11.1 Å². The van der Waals surface area contributed by atoms with Crippen LogP contribution in [-0.4, -0.2) is 52.2 Å². The molecule has 0 spiro atoms. The second-order valence-electron chi connectivity index (χ2n) is 8.77. The van der Waals surface area contributed by atoms with Crippen LogP contribution in [0.25, 0.3) is 0 Å². The summed E-state index contributed by atoms with van der Waals surface area (Å²) in [5.74, 6) is -0.977. The molecule has 1 fully saturated rings. The molecule has 0 aliphatic heterocycles. The van der Waals surface area contributed by atoms with Crippen molar-refractivity contribution in [3.8, 4) is 0 Å². The fourth-order valence-electron chi connectivity index (χ4n) is 4.87. The molecule has 2 aromatic rings. The van der Waals surface area contributed by atoms with Crippen LogP contribution in [0.1, 0.15) is 43.2 Å². The summed E-state index contributed by atoms with van der Waals surface area (Å²) in [5, 5.41) is 20.7. The number of aliphatic hydroxyl groups excluding tert-OH is 2. The topological polar surface area (TPSA) is 104 Å². The third-order valence-electron chi connectivity index (χ3n) is 6.66. The lowest BCUT2D eigenvalue weighted by atomic mass is 9.71. The predicted molar refractivity (Wildman–Crippen MR) is 124 cm³/mol. The van der Waals surface area contributed by atoms with Crippen LogP contribution >= 0.6 is 0 Å². The summed E-state index contributed by atoms with van der Waals surface area (Å²) in [4.78, 5) is 28.2. The molecule has 2 unspecified atom stereocenters. The maximum atomic E-state index is 14.0. The van der Waals surface area contributed by atoms with Crippen LogP contribution in [0.2, 0.25) is 0 Å². The van der Waals surface area contributed by atoms with Crippen molar-refractivity contribution in [2.75, 3.05) is 13.2 Å². The van der Waals surface area contributed by atoms with Crippen molar-refractivity contribution in [3.63, 3.8) is 0 Å². The predicted octanol–water partition coefficient (Wildman–Crippen LogP) is 2.46. The Morgan fingerprint density at radius 2 is 1.25 bits per heavy atom. The van der Waals surface area contributed by atoms with Gasteiger partial charge in [-0.25, -0.2) is 0 Å². The Morgan fingerprint density at radius 3 is 1.62 bits per heavy atom. The van der Waals surface area contributed by atoms with E-state index < -0.39 is 23.4 Å². The molecule has 172 valence electrons. The molecule has 1 saturated carbocycles. The number of hydrogen-bond acceptors (Lipinski definition) is 4. The van der Waals surface area contributed by atoms with E-state index in [-0.39, 0.29) is 19.1 Å². The molecule has 3 rings (SSSR count). The standard InChI is InChI=1S/C26H34N2O4/c27-24(31)26(14-8-3-9-15-26)25(32)28(22(18-29)16-20-10-4-1-5-11-20)23(19-30)17-21-12-6-2-7-13-21/h1-2,4-7,10-13,22-23,29-30H,3,8-9,14-19H2,(H2,27,31). The molecule has 2 amide bonds. The summed E-state index contributed by atoms with van der Waals surface area (Å²) < 4.78 is 0. The number of nitrogens with zero attached hydrogens (tertiary/aromatic N) is 1. The summed E-state index contributed by atoms with van der Waals surface area (Å²) in [6.45, 7) is -0.554. The van der Waals surface area contributed by atoms with Gasteiger partial charge in [0.25, 0.3) is 0 Å². The number of rotatable bonds is 10. The van der Waals surface area contributed by atoms with Gasteiger partial charge in [-0.05, 0) is 36.8 Å². The monoisotopic (exact) mass is 438 g/mol. The average Bonchev–Trinajstić information content (AvgIpc) is 2.84. The van der Waals surface area contributed by atoms with E-state index in [1.807, 2.05) is 60.7 Å². The average molecular weight is 439 g/mol. The number of carbonyl (C=O) groups excluding carboxylic acids is 2. The van der Waals surface area contributed by atoms with Crippen LogP contribution in [-0.2, 0) is 22.4 Å². The molecular formula is C26H34N2O4. The number of amides is 2. The second-order valence-corrected chi connectivity index (χ2v) is 8.77. The molecule has 6 heteroatoms. The fourth-order valence-corrected chi connectivity index (χ4v) is 4.87. The van der Waals surface area contributed by atoms with Gasteiger partial charge in [0.2, 0.25) is 11.8 Å². The van der Waals surface area contributed by atoms with Crippen LogP contribution < -0.4 is 5.73 Å². The Hall–Kier alpha value is -2.70. The molecule has 0 radical (unpaired) electrons. The summed E-state index contributed by atoms with van der Waals surface area (Å²) in [5.41, 5.74) is 6.47. The van der Waals surface area contributed by atoms with E-state index in [0.717, 1.165) is 30.4 Å². The van der Waals surface area contributed by atoms with Crippen LogP contribution in [0.5, 0.6) is 0 Å². The molecule has 0 heterocycles. The zero-order valence-electron chi connectivity index (χ0n) is 18.5. The summed E-state index contributed by atoms with van der Waals surface area (Å²) in [7, 11) is 0. The van der Waals surface area contributed by atoms with Gasteiger partial charge in [-0.3, -0.25) is 9.59 Å². The molecule has 2 aromatic carbocycles. The fraction of sp³-hybridized carbons (Fsp3) is 0.462. The SMILES string of the molecule is NC(=O)C1(C(=O)N(C(CO)Cc2ccccc2)C(CO)Cc2ccccc2)CCCCC1. The molecule has 0 bridgehead atoms. The zero-order chi connectivity index (χ0) is 23.0. The third kappa shape index (κ3) is 5.37. The number of nitrogens with two attached hydrogens (primary N) is 1. The van der Waals surface area contributed by atoms with Gasteiger partial charge >= 0.3 is 0 Å². The van der Waals surface area contributed by atoms with Crippen LogP contribution in [0.3, 0.4) is 0 Å². The highest BCUT2D eigenvalue weighted by Crippen LogP contribution is 2.39. The first-order valence-corrected chi connectivity index (χ1v) is 11.4. The quantitative estimate of drug-likeness (QED) is 0.496. The van der Waals surface area contributed by atoms with E-state index in [2.05, 4.69) is 0 Å². The highest BCUT2D eigenvalue weighted by molar-refractivity contribution is 6.04. The first-order valence-electron chi connectivity index (χ1n) is 11.4. The largest absolute Gasteiger partial charge is 0.394 e. The minimum atomic E-state index is -1.29. The molecule has 1 aliphatic rings. The van der Waals surface area contributed by atoms with Crippen molar-refractivity contribution in [3.05, 3.63) is 71.8 Å². The smallest absolute Gasteiger partial charge is 0.238 e. The first kappa shape index (κ1) is 24.0. The van der Waals surface area contributed by atoms with E-state index in [9.17, 15) is 19.8 Å². The normalized spacial score (nSPS) is 17.3. The lowest BCUT2D eigenvalue weighted by Crippen LogP contribution is -2.60. The number of aliphatic hydroxyl groups is 2. The van der Waals surface area contributed by atoms with Gasteiger partial charge in [0.05, 0.1) is 25.3 Å². The van der Waals surface area contributed by atoms with Gasteiger partial charge in [-0.1, -0.05) is 79.9 Å². The minimum absolute atomic E-state index is 0.277. The molecule has 0 saturated heterocycles. The number of benzene rings is 2. The Labute approximate surface area is 190 Å². The maximum Gasteiger partial charge on any atom is 0.238 e. The van der Waals surface area contributed by atoms with Gasteiger partial charge in [0.15, 0.2) is 0 Å². The van der Waals surface area contributed by atoms with Crippen LogP contribution in [0.15, 0.2) is 60.7 Å². The number of carbonyl (C=O) groups is 2. The lowest BCUT2D eigenvalue weighted by molar-refractivity contribution is -0.157. The third-order valence-corrected chi connectivity index (χ3v) is 6.66. The molecule has 2 atom stereocenters. The highest BCUT2D eigenvalue weighted by Gasteiger charge is 2.49. The maximum absolute atomic E-state index is 14.0. The van der Waals surface area contributed by atoms with Crippen molar-refractivity contribution in [2.45, 2.75) is 57.0 Å². The van der Waals surface area contributed by atoms with Gasteiger partial charge in [-0.2, -0.15) is 0 Å². The molecule has 32 heavy (non-hydrogen) atoms. The van der Waals surface area contributed by atoms with E-state index in [1.165, 1.54) is 0 Å². The Bertz CT molecular complexity index is 816. The van der Waals surface area contributed by atoms with Crippen molar-refractivity contribution >= 4 is 11.8 Å². The summed E-state index contributed by atoms with van der Waals surface area (Å²) in [6.07, 6.45) is 4.13. The van der Waals surface area contributed by atoms with E-state index >= 15 is 0 Å². The van der Waals surface area contributed by atoms with Gasteiger partial charge in [0, 0.05) is 0 Å². The number of hydrogen-bond donors (Lipinski definition) is 3. The van der Waals surface area contributed by atoms with Crippen molar-refractivity contribution < 1.29 is 19.8 Å². The van der Waals surface area contributed by atoms with E-state index in [1.54, 1.807) is 4.90 Å². The van der Waals surface area contributed by atoms with Crippen LogP contribution in [0, 0.1) is 5.41 Å². The molecule has 1 aliphatic carbocycles. The van der Waals surface area contributed by atoms with E-state index in [0.29, 0.717) is 25.7 Å². The summed E-state index contributed by atoms with van der Waals surface area (Å²) >= 11 is 0. The highest BCUT2D eigenvalue weighted by atomic mass is 16.3. The lowest BCUT2D eigenvalue weighted by Gasteiger charge is -2.44. The first-order chi connectivity index (χ1) is 15.5. The Morgan fingerprint density at radius 1 is 0.812 bits per heavy atom. The van der Waals surface area contributed by atoms with Gasteiger partial charge in [0.1, 0.15) is 5.41 Å². The van der Waals surface area contributed by atoms with Crippen LogP contribution in [0.4, 0.5) is 0 Å². The van der Waals surface area contributed by atoms with Crippen molar-refractivity contribution in [1.82, 2.24) is 4.90 Å². The van der Waals surface area contributed by atoms with Gasteiger partial charge in [-0.15, -0.1) is 0 Å². The minimum Gasteiger partial charge on any atom is -0.394 e. The molecule has 6 nitrogen and oxygen atoms in total. The van der Waals surface area contributed by atoms with E-state index in [4.69, 9.17) is 5.73 Å². The molecular weight excluding hydrogens is 404 g/mol. The molecule has 0 aromatic heterocycles. The summed E-state index contributed by atoms with van der Waals surface area (Å²) in [6, 6.07) is 18.1. The Balaban J connectivity index is 2.00. The molecule has 4 N–H and O–H groups in total. The zero-order valence-corrected chi connectivity index (χ0v) is 18.5. The van der Waals surface area contributed by atoms with Crippen molar-refractivity contribution in [1.29, 1.82) is 0 Å². The second kappa shape index (κ2) is 11.2.